The van der Waals surface area contributed by atoms with Crippen LogP contribution in [-0.4, -0.2) is 19.1 Å². The predicted molar refractivity (Wildman–Crippen MR) is 46.2 cm³/mol. The summed E-state index contributed by atoms with van der Waals surface area (Å²) in [5.74, 6) is 0.660. The van der Waals surface area contributed by atoms with Gasteiger partial charge in [-0.1, -0.05) is 19.1 Å². The number of nitrogens with two attached hydrogens (primary N) is 1. The Morgan fingerprint density at radius 2 is 2.45 bits per heavy atom. The highest BCUT2D eigenvalue weighted by Crippen LogP contribution is 2.38. The molecule has 1 fully saturated rings. The second-order valence-electron chi connectivity index (χ2n) is 4.05. The average molecular weight is 152 g/mol. The van der Waals surface area contributed by atoms with Gasteiger partial charge in [-0.25, -0.2) is 0 Å². The van der Waals surface area contributed by atoms with Crippen LogP contribution in [0, 0.1) is 11.3 Å². The van der Waals surface area contributed by atoms with Gasteiger partial charge in [0, 0.05) is 24.5 Å². The minimum atomic E-state index is 0.345. The molecule has 1 heterocycles. The van der Waals surface area contributed by atoms with Gasteiger partial charge < -0.3 is 11.1 Å². The minimum absolute atomic E-state index is 0.345. The monoisotopic (exact) mass is 152 g/mol. The lowest BCUT2D eigenvalue weighted by Gasteiger charge is -2.34. The third-order valence-corrected chi connectivity index (χ3v) is 3.14. The van der Waals surface area contributed by atoms with E-state index < -0.39 is 0 Å². The molecule has 0 aromatic rings. The van der Waals surface area contributed by atoms with Gasteiger partial charge in [0.15, 0.2) is 0 Å². The first-order chi connectivity index (χ1) is 5.22. The molecule has 3 N–H and O–H groups in total. The molecule has 0 aromatic heterocycles. The molecule has 1 saturated heterocycles. The van der Waals surface area contributed by atoms with Crippen molar-refractivity contribution < 1.29 is 0 Å². The lowest BCUT2D eigenvalue weighted by Crippen LogP contribution is -2.41. The van der Waals surface area contributed by atoms with Crippen LogP contribution in [0.25, 0.3) is 0 Å². The Morgan fingerprint density at radius 3 is 3.18 bits per heavy atom. The van der Waals surface area contributed by atoms with Gasteiger partial charge in [-0.3, -0.25) is 0 Å². The Labute approximate surface area is 67.8 Å². The highest BCUT2D eigenvalue weighted by molar-refractivity contribution is 5.13. The van der Waals surface area contributed by atoms with Crippen LogP contribution in [0.5, 0.6) is 0 Å². The maximum absolute atomic E-state index is 6.01. The van der Waals surface area contributed by atoms with Crippen LogP contribution in [0.4, 0.5) is 0 Å². The molecular weight excluding hydrogens is 136 g/mol. The molecule has 0 saturated carbocycles. The molecular formula is C9H16N2. The Kier molecular flexibility index (Phi) is 1.55. The maximum Gasteiger partial charge on any atom is 0.0123 e. The number of rotatable bonds is 0. The van der Waals surface area contributed by atoms with Crippen LogP contribution in [0.1, 0.15) is 13.3 Å². The molecule has 11 heavy (non-hydrogen) atoms. The Bertz CT molecular complexity index is 188. The fourth-order valence-corrected chi connectivity index (χ4v) is 2.34. The molecule has 3 atom stereocenters. The smallest absolute Gasteiger partial charge is 0.0123 e. The van der Waals surface area contributed by atoms with Crippen molar-refractivity contribution >= 4 is 0 Å². The zero-order chi connectivity index (χ0) is 7.90. The van der Waals surface area contributed by atoms with E-state index in [9.17, 15) is 0 Å². The molecule has 0 bridgehead atoms. The van der Waals surface area contributed by atoms with Crippen molar-refractivity contribution in [2.75, 3.05) is 13.1 Å². The van der Waals surface area contributed by atoms with E-state index in [0.717, 1.165) is 19.5 Å². The lowest BCUT2D eigenvalue weighted by atomic mass is 9.72. The summed E-state index contributed by atoms with van der Waals surface area (Å²) in [5.41, 5.74) is 6.36. The molecule has 0 aromatic carbocycles. The summed E-state index contributed by atoms with van der Waals surface area (Å²) >= 11 is 0. The van der Waals surface area contributed by atoms with Gasteiger partial charge in [-0.05, 0) is 12.3 Å². The van der Waals surface area contributed by atoms with Crippen LogP contribution in [0.3, 0.4) is 0 Å². The van der Waals surface area contributed by atoms with E-state index in [-0.39, 0.29) is 0 Å². The van der Waals surface area contributed by atoms with Gasteiger partial charge >= 0.3 is 0 Å². The third kappa shape index (κ3) is 1.01. The van der Waals surface area contributed by atoms with Gasteiger partial charge in [-0.15, -0.1) is 0 Å². The van der Waals surface area contributed by atoms with Crippen LogP contribution in [-0.2, 0) is 0 Å². The fraction of sp³-hybridized carbons (Fsp3) is 0.778. The van der Waals surface area contributed by atoms with Crippen LogP contribution in [0.2, 0.25) is 0 Å². The SMILES string of the molecule is CC12C=CCC(N)C1CNC2. The van der Waals surface area contributed by atoms with Crippen molar-refractivity contribution in [3.05, 3.63) is 12.2 Å². The molecule has 62 valence electrons. The molecule has 2 rings (SSSR count). The van der Waals surface area contributed by atoms with Gasteiger partial charge in [0.25, 0.3) is 0 Å². The third-order valence-electron chi connectivity index (χ3n) is 3.14. The Hall–Kier alpha value is -0.340. The molecule has 2 heteroatoms. The Morgan fingerprint density at radius 1 is 1.64 bits per heavy atom. The quantitative estimate of drug-likeness (QED) is 0.496. The molecule has 1 aliphatic carbocycles. The van der Waals surface area contributed by atoms with E-state index in [2.05, 4.69) is 24.4 Å². The second-order valence-corrected chi connectivity index (χ2v) is 4.05. The zero-order valence-corrected chi connectivity index (χ0v) is 7.01. The van der Waals surface area contributed by atoms with E-state index >= 15 is 0 Å². The average Bonchev–Trinajstić information content (AvgIpc) is 2.31. The number of fused-ring (bicyclic) bond motifs is 1. The van der Waals surface area contributed by atoms with E-state index in [1.807, 2.05) is 0 Å². The number of hydrogen-bond donors (Lipinski definition) is 2. The summed E-state index contributed by atoms with van der Waals surface area (Å²) < 4.78 is 0. The number of nitrogens with one attached hydrogen (secondary N) is 1. The number of hydrogen-bond acceptors (Lipinski definition) is 2. The molecule has 2 aliphatic rings. The largest absolute Gasteiger partial charge is 0.327 e. The standard InChI is InChI=1S/C9H16N2/c1-9-4-2-3-8(10)7(9)5-11-6-9/h2,4,7-8,11H,3,5-6,10H2,1H3. The van der Waals surface area contributed by atoms with Crippen molar-refractivity contribution in [3.8, 4) is 0 Å². The van der Waals surface area contributed by atoms with Gasteiger partial charge in [0.1, 0.15) is 0 Å². The molecule has 0 radical (unpaired) electrons. The van der Waals surface area contributed by atoms with Crippen LogP contribution >= 0.6 is 0 Å². The summed E-state index contributed by atoms with van der Waals surface area (Å²) in [7, 11) is 0. The summed E-state index contributed by atoms with van der Waals surface area (Å²) in [6.07, 6.45) is 5.62. The molecule has 0 spiro atoms. The normalized spacial score (nSPS) is 49.3. The first-order valence-electron chi connectivity index (χ1n) is 4.36. The highest BCUT2D eigenvalue weighted by atomic mass is 15.0. The first kappa shape index (κ1) is 7.32. The summed E-state index contributed by atoms with van der Waals surface area (Å²) in [5, 5.41) is 3.40. The van der Waals surface area contributed by atoms with Gasteiger partial charge in [0.2, 0.25) is 0 Å². The van der Waals surface area contributed by atoms with E-state index in [1.165, 1.54) is 0 Å². The van der Waals surface area contributed by atoms with Gasteiger partial charge in [-0.2, -0.15) is 0 Å². The summed E-state index contributed by atoms with van der Waals surface area (Å²) in [6, 6.07) is 0.375. The molecule has 2 nitrogen and oxygen atoms in total. The Balaban J connectivity index is 2.27. The highest BCUT2D eigenvalue weighted by Gasteiger charge is 2.41. The molecule has 3 unspecified atom stereocenters. The van der Waals surface area contributed by atoms with Crippen molar-refractivity contribution in [1.82, 2.24) is 5.32 Å². The topological polar surface area (TPSA) is 38.0 Å². The van der Waals surface area contributed by atoms with Crippen molar-refractivity contribution in [1.29, 1.82) is 0 Å². The maximum atomic E-state index is 6.01. The first-order valence-corrected chi connectivity index (χ1v) is 4.36. The van der Waals surface area contributed by atoms with Crippen molar-refractivity contribution in [2.24, 2.45) is 17.1 Å². The molecule has 0 amide bonds. The van der Waals surface area contributed by atoms with Crippen LogP contribution in [0.15, 0.2) is 12.2 Å². The fourth-order valence-electron chi connectivity index (χ4n) is 2.34. The summed E-state index contributed by atoms with van der Waals surface area (Å²) in [6.45, 7) is 4.50. The zero-order valence-electron chi connectivity index (χ0n) is 7.01. The van der Waals surface area contributed by atoms with Crippen molar-refractivity contribution in [2.45, 2.75) is 19.4 Å². The van der Waals surface area contributed by atoms with Crippen LogP contribution < -0.4 is 11.1 Å². The predicted octanol–water partition coefficient (Wildman–Crippen LogP) is 0.499. The van der Waals surface area contributed by atoms with E-state index in [0.29, 0.717) is 17.4 Å². The minimum Gasteiger partial charge on any atom is -0.327 e. The van der Waals surface area contributed by atoms with E-state index in [4.69, 9.17) is 5.73 Å². The molecule has 1 aliphatic heterocycles. The van der Waals surface area contributed by atoms with E-state index in [1.54, 1.807) is 0 Å². The summed E-state index contributed by atoms with van der Waals surface area (Å²) in [4.78, 5) is 0. The van der Waals surface area contributed by atoms with Crippen molar-refractivity contribution in [3.63, 3.8) is 0 Å². The van der Waals surface area contributed by atoms with Gasteiger partial charge in [0.05, 0.1) is 0 Å². The lowest BCUT2D eigenvalue weighted by molar-refractivity contribution is 0.270. The second kappa shape index (κ2) is 2.32.